The molecule has 1 aliphatic heterocycles. The van der Waals surface area contributed by atoms with Gasteiger partial charge in [0.25, 0.3) is 0 Å². The number of rotatable bonds is 8. The number of nitrogens with zero attached hydrogens (tertiary/aromatic N) is 2. The Bertz CT molecular complexity index is 556. The van der Waals surface area contributed by atoms with Gasteiger partial charge in [-0.15, -0.1) is 0 Å². The summed E-state index contributed by atoms with van der Waals surface area (Å²) in [6.07, 6.45) is 2.89. The van der Waals surface area contributed by atoms with Crippen molar-refractivity contribution in [2.45, 2.75) is 64.6 Å². The van der Waals surface area contributed by atoms with Gasteiger partial charge in [-0.25, -0.2) is 0 Å². The van der Waals surface area contributed by atoms with Crippen molar-refractivity contribution < 1.29 is 19.1 Å². The summed E-state index contributed by atoms with van der Waals surface area (Å²) in [7, 11) is 1.46. The van der Waals surface area contributed by atoms with Crippen molar-refractivity contribution in [1.82, 2.24) is 15.1 Å². The molecule has 0 aromatic heterocycles. The lowest BCUT2D eigenvalue weighted by Crippen LogP contribution is -2.48. The van der Waals surface area contributed by atoms with Crippen LogP contribution in [-0.2, 0) is 19.1 Å². The van der Waals surface area contributed by atoms with E-state index in [0.29, 0.717) is 32.5 Å². The smallest absolute Gasteiger partial charge is 0.249 e. The Kier molecular flexibility index (Phi) is 7.22. The van der Waals surface area contributed by atoms with Gasteiger partial charge in [0.05, 0.1) is 6.04 Å². The normalized spacial score (nSPS) is 22.6. The first-order valence-corrected chi connectivity index (χ1v) is 9.75. The molecule has 3 N–H and O–H groups in total. The Hall–Kier alpha value is -1.67. The summed E-state index contributed by atoms with van der Waals surface area (Å²) in [5.74, 6) is -0.338. The number of likely N-dealkylation sites (tertiary alicyclic amines) is 1. The molecule has 2 fully saturated rings. The molecule has 0 bridgehead atoms. The van der Waals surface area contributed by atoms with Crippen molar-refractivity contribution in [2.24, 2.45) is 11.1 Å². The Morgan fingerprint density at radius 3 is 2.41 bits per heavy atom. The van der Waals surface area contributed by atoms with E-state index >= 15 is 0 Å². The molecule has 1 saturated heterocycles. The lowest BCUT2D eigenvalue weighted by molar-refractivity contribution is -0.141. The maximum atomic E-state index is 13.0. The van der Waals surface area contributed by atoms with Crippen LogP contribution < -0.4 is 11.1 Å². The summed E-state index contributed by atoms with van der Waals surface area (Å²) in [5, 5.41) is 2.77. The van der Waals surface area contributed by atoms with Gasteiger partial charge in [0.2, 0.25) is 17.7 Å². The second-order valence-electron chi connectivity index (χ2n) is 8.73. The van der Waals surface area contributed by atoms with E-state index in [-0.39, 0.29) is 41.8 Å². The van der Waals surface area contributed by atoms with Gasteiger partial charge in [0.15, 0.2) is 0 Å². The molecule has 8 heteroatoms. The molecule has 2 atom stereocenters. The molecular weight excluding hydrogens is 348 g/mol. The zero-order chi connectivity index (χ0) is 20.2. The zero-order valence-electron chi connectivity index (χ0n) is 17.0. The highest BCUT2D eigenvalue weighted by molar-refractivity contribution is 5.89. The molecule has 0 aromatic rings. The first-order chi connectivity index (χ1) is 12.7. The van der Waals surface area contributed by atoms with Crippen LogP contribution in [-0.4, -0.2) is 79.0 Å². The molecule has 3 amide bonds. The van der Waals surface area contributed by atoms with Crippen LogP contribution in [0.5, 0.6) is 0 Å². The van der Waals surface area contributed by atoms with Gasteiger partial charge in [0, 0.05) is 39.2 Å². The number of ether oxygens (including phenoxy) is 1. The summed E-state index contributed by atoms with van der Waals surface area (Å²) < 4.78 is 4.97. The summed E-state index contributed by atoms with van der Waals surface area (Å²) in [6, 6.07) is -0.496. The monoisotopic (exact) mass is 382 g/mol. The van der Waals surface area contributed by atoms with Crippen molar-refractivity contribution in [3.8, 4) is 0 Å². The first-order valence-electron chi connectivity index (χ1n) is 9.75. The number of hydrogen-bond acceptors (Lipinski definition) is 5. The second kappa shape index (κ2) is 9.01. The largest absolute Gasteiger partial charge is 0.375 e. The van der Waals surface area contributed by atoms with Crippen LogP contribution in [0.15, 0.2) is 0 Å². The molecular formula is C19H34N4O4. The Balaban J connectivity index is 2.16. The van der Waals surface area contributed by atoms with E-state index < -0.39 is 6.04 Å². The van der Waals surface area contributed by atoms with Crippen molar-refractivity contribution in [3.05, 3.63) is 0 Å². The fourth-order valence-corrected chi connectivity index (χ4v) is 3.66. The number of nitrogens with one attached hydrogen (secondary N) is 1. The molecule has 0 radical (unpaired) electrons. The van der Waals surface area contributed by atoms with Crippen molar-refractivity contribution >= 4 is 17.7 Å². The molecule has 2 unspecified atom stereocenters. The third kappa shape index (κ3) is 5.90. The average molecular weight is 383 g/mol. The van der Waals surface area contributed by atoms with Gasteiger partial charge in [0.1, 0.15) is 12.6 Å². The number of carbonyl (C=O) groups is 3. The molecule has 0 spiro atoms. The van der Waals surface area contributed by atoms with E-state index in [4.69, 9.17) is 10.5 Å². The van der Waals surface area contributed by atoms with Gasteiger partial charge < -0.3 is 25.6 Å². The molecule has 154 valence electrons. The van der Waals surface area contributed by atoms with Gasteiger partial charge in [-0.3, -0.25) is 14.4 Å². The summed E-state index contributed by atoms with van der Waals surface area (Å²) in [4.78, 5) is 41.5. The number of amides is 3. The standard InChI is InChI=1S/C19H34N4O4/c1-19(2,3)10-16(24)23(13-5-6-13)14-9-15(18(26)21-8-7-20)22(11-14)17(25)12-27-4/h13-15H,5-12,20H2,1-4H3,(H,21,26). The summed E-state index contributed by atoms with van der Waals surface area (Å²) in [6.45, 7) is 7.13. The second-order valence-corrected chi connectivity index (χ2v) is 8.73. The highest BCUT2D eigenvalue weighted by Gasteiger charge is 2.46. The SMILES string of the molecule is COCC(=O)N1CC(N(C(=O)CC(C)(C)C)C2CC2)CC1C(=O)NCCN. The van der Waals surface area contributed by atoms with Crippen LogP contribution in [0, 0.1) is 5.41 Å². The average Bonchev–Trinajstić information content (AvgIpc) is 3.29. The summed E-state index contributed by atoms with van der Waals surface area (Å²) in [5.41, 5.74) is 5.37. The van der Waals surface area contributed by atoms with Crippen LogP contribution in [0.4, 0.5) is 0 Å². The van der Waals surface area contributed by atoms with E-state index in [1.165, 1.54) is 7.11 Å². The van der Waals surface area contributed by atoms with E-state index in [1.807, 2.05) is 25.7 Å². The van der Waals surface area contributed by atoms with Gasteiger partial charge in [-0.1, -0.05) is 20.8 Å². The van der Waals surface area contributed by atoms with E-state index in [2.05, 4.69) is 5.32 Å². The predicted molar refractivity (Wildman–Crippen MR) is 102 cm³/mol. The number of hydrogen-bond donors (Lipinski definition) is 2. The van der Waals surface area contributed by atoms with Crippen LogP contribution in [0.3, 0.4) is 0 Å². The fourth-order valence-electron chi connectivity index (χ4n) is 3.66. The van der Waals surface area contributed by atoms with Gasteiger partial charge in [-0.2, -0.15) is 0 Å². The molecule has 1 aliphatic carbocycles. The zero-order valence-corrected chi connectivity index (χ0v) is 17.0. The van der Waals surface area contributed by atoms with E-state index in [0.717, 1.165) is 12.8 Å². The van der Waals surface area contributed by atoms with Gasteiger partial charge >= 0.3 is 0 Å². The van der Waals surface area contributed by atoms with Crippen molar-refractivity contribution in [1.29, 1.82) is 0 Å². The third-order valence-electron chi connectivity index (χ3n) is 4.92. The van der Waals surface area contributed by atoms with Gasteiger partial charge in [-0.05, 0) is 24.7 Å². The topological polar surface area (TPSA) is 105 Å². The summed E-state index contributed by atoms with van der Waals surface area (Å²) >= 11 is 0. The first kappa shape index (κ1) is 21.6. The minimum atomic E-state index is -0.590. The molecule has 1 saturated carbocycles. The number of carbonyl (C=O) groups excluding carboxylic acids is 3. The Morgan fingerprint density at radius 2 is 1.89 bits per heavy atom. The lowest BCUT2D eigenvalue weighted by Gasteiger charge is -2.31. The van der Waals surface area contributed by atoms with Crippen LogP contribution in [0.2, 0.25) is 0 Å². The van der Waals surface area contributed by atoms with E-state index in [1.54, 1.807) is 4.90 Å². The third-order valence-corrected chi connectivity index (χ3v) is 4.92. The molecule has 8 nitrogen and oxygen atoms in total. The minimum Gasteiger partial charge on any atom is -0.375 e. The number of nitrogens with two attached hydrogens (primary N) is 1. The molecule has 2 rings (SSSR count). The Labute approximate surface area is 161 Å². The van der Waals surface area contributed by atoms with E-state index in [9.17, 15) is 14.4 Å². The maximum Gasteiger partial charge on any atom is 0.249 e. The maximum absolute atomic E-state index is 13.0. The molecule has 1 heterocycles. The lowest BCUT2D eigenvalue weighted by atomic mass is 9.91. The van der Waals surface area contributed by atoms with Crippen LogP contribution in [0.1, 0.15) is 46.5 Å². The van der Waals surface area contributed by atoms with Crippen LogP contribution in [0.25, 0.3) is 0 Å². The number of methoxy groups -OCH3 is 1. The Morgan fingerprint density at radius 1 is 1.22 bits per heavy atom. The van der Waals surface area contributed by atoms with Crippen molar-refractivity contribution in [2.75, 3.05) is 33.4 Å². The molecule has 0 aromatic carbocycles. The highest BCUT2D eigenvalue weighted by Crippen LogP contribution is 2.35. The molecule has 2 aliphatic rings. The van der Waals surface area contributed by atoms with Crippen molar-refractivity contribution in [3.63, 3.8) is 0 Å². The predicted octanol–water partition coefficient (Wildman–Crippen LogP) is 0.104. The highest BCUT2D eigenvalue weighted by atomic mass is 16.5. The molecule has 27 heavy (non-hydrogen) atoms. The quantitative estimate of drug-likeness (QED) is 0.620. The minimum absolute atomic E-state index is 0.0766. The fraction of sp³-hybridized carbons (Fsp3) is 0.842. The van der Waals surface area contributed by atoms with Crippen LogP contribution >= 0.6 is 0 Å².